The van der Waals surface area contributed by atoms with Gasteiger partial charge in [-0.05, 0) is 41.8 Å². The van der Waals surface area contributed by atoms with E-state index in [-0.39, 0.29) is 23.1 Å². The van der Waals surface area contributed by atoms with Crippen molar-refractivity contribution in [3.05, 3.63) is 30.1 Å². The molecule has 1 atom stereocenters. The minimum Gasteiger partial charge on any atom is -0.351 e. The first-order valence-electron chi connectivity index (χ1n) is 7.60. The van der Waals surface area contributed by atoms with Crippen LogP contribution in [0.3, 0.4) is 0 Å². The molecule has 0 saturated heterocycles. The average Bonchev–Trinajstić information content (AvgIpc) is 2.99. The van der Waals surface area contributed by atoms with Crippen molar-refractivity contribution in [2.75, 3.05) is 0 Å². The summed E-state index contributed by atoms with van der Waals surface area (Å²) in [6.07, 6.45) is 3.46. The highest BCUT2D eigenvalue weighted by atomic mass is 32.2. The number of amides is 1. The van der Waals surface area contributed by atoms with Gasteiger partial charge in [0.2, 0.25) is 11.1 Å². The molecule has 0 radical (unpaired) electrons. The monoisotopic (exact) mass is 334 g/mol. The third kappa shape index (κ3) is 4.75. The van der Waals surface area contributed by atoms with Gasteiger partial charge in [0.15, 0.2) is 0 Å². The maximum Gasteiger partial charge on any atom is 0.234 e. The lowest BCUT2D eigenvalue weighted by atomic mass is 10.1. The van der Waals surface area contributed by atoms with Crippen LogP contribution < -0.4 is 5.32 Å². The molecule has 0 fully saturated rings. The van der Waals surface area contributed by atoms with E-state index < -0.39 is 0 Å². The summed E-state index contributed by atoms with van der Waals surface area (Å²) in [5, 5.41) is 15.1. The van der Waals surface area contributed by atoms with Crippen LogP contribution >= 0.6 is 11.8 Å². The Morgan fingerprint density at radius 2 is 2.13 bits per heavy atom. The normalized spacial score (nSPS) is 12.6. The Bertz CT molecular complexity index is 628. The topological polar surface area (TPSA) is 85.6 Å². The van der Waals surface area contributed by atoms with Crippen molar-refractivity contribution >= 4 is 17.7 Å². The van der Waals surface area contributed by atoms with Crippen LogP contribution in [-0.2, 0) is 11.3 Å². The molecule has 0 aliphatic rings. The van der Waals surface area contributed by atoms with E-state index in [0.29, 0.717) is 11.7 Å². The van der Waals surface area contributed by atoms with Gasteiger partial charge >= 0.3 is 0 Å². The standard InChI is InChI=1S/C15H22N6OS/c1-10(2)13(23-15-18-19-20-21(15)11(3)4)14(22)17-9-12-6-5-7-16-8-12/h5-8,10-11,13H,9H2,1-4H3,(H,17,22)/t13-/m1/s1. The predicted molar refractivity (Wildman–Crippen MR) is 88.8 cm³/mol. The van der Waals surface area contributed by atoms with Gasteiger partial charge in [-0.2, -0.15) is 0 Å². The zero-order valence-electron chi connectivity index (χ0n) is 13.8. The second kappa shape index (κ2) is 8.05. The van der Waals surface area contributed by atoms with Crippen LogP contribution in [0.5, 0.6) is 0 Å². The fourth-order valence-corrected chi connectivity index (χ4v) is 3.11. The van der Waals surface area contributed by atoms with E-state index in [2.05, 4.69) is 25.8 Å². The first-order chi connectivity index (χ1) is 11.0. The van der Waals surface area contributed by atoms with Gasteiger partial charge in [0.1, 0.15) is 0 Å². The average molecular weight is 334 g/mol. The van der Waals surface area contributed by atoms with E-state index in [1.807, 2.05) is 39.8 Å². The number of carbonyl (C=O) groups is 1. The number of hydrogen-bond acceptors (Lipinski definition) is 6. The second-order valence-electron chi connectivity index (χ2n) is 5.86. The van der Waals surface area contributed by atoms with Gasteiger partial charge in [-0.3, -0.25) is 9.78 Å². The summed E-state index contributed by atoms with van der Waals surface area (Å²) >= 11 is 1.40. The number of hydrogen-bond donors (Lipinski definition) is 1. The minimum atomic E-state index is -0.254. The highest BCUT2D eigenvalue weighted by Crippen LogP contribution is 2.27. The molecule has 0 saturated carbocycles. The number of tetrazole rings is 1. The molecular weight excluding hydrogens is 312 g/mol. The zero-order chi connectivity index (χ0) is 16.8. The van der Waals surface area contributed by atoms with Crippen molar-refractivity contribution in [3.8, 4) is 0 Å². The number of aromatic nitrogens is 5. The summed E-state index contributed by atoms with van der Waals surface area (Å²) in [5.74, 6) is 0.137. The molecule has 1 amide bonds. The lowest BCUT2D eigenvalue weighted by Crippen LogP contribution is -2.35. The highest BCUT2D eigenvalue weighted by Gasteiger charge is 2.26. The molecule has 124 valence electrons. The number of pyridine rings is 1. The van der Waals surface area contributed by atoms with E-state index in [4.69, 9.17) is 0 Å². The van der Waals surface area contributed by atoms with Gasteiger partial charge in [0.05, 0.1) is 11.3 Å². The largest absolute Gasteiger partial charge is 0.351 e. The van der Waals surface area contributed by atoms with E-state index in [1.165, 1.54) is 11.8 Å². The van der Waals surface area contributed by atoms with Crippen molar-refractivity contribution in [2.24, 2.45) is 5.92 Å². The Labute approximate surface area is 140 Å². The summed E-state index contributed by atoms with van der Waals surface area (Å²) in [4.78, 5) is 16.6. The molecule has 0 aliphatic carbocycles. The number of rotatable bonds is 7. The van der Waals surface area contributed by atoms with Crippen molar-refractivity contribution < 1.29 is 4.79 Å². The summed E-state index contributed by atoms with van der Waals surface area (Å²) in [6.45, 7) is 8.52. The molecule has 0 bridgehead atoms. The fourth-order valence-electron chi connectivity index (χ4n) is 1.99. The molecule has 0 unspecified atom stereocenters. The molecule has 2 heterocycles. The highest BCUT2D eigenvalue weighted by molar-refractivity contribution is 8.00. The number of thioether (sulfide) groups is 1. The molecule has 0 aromatic carbocycles. The summed E-state index contributed by atoms with van der Waals surface area (Å²) in [7, 11) is 0. The van der Waals surface area contributed by atoms with Crippen LogP contribution in [-0.4, -0.2) is 36.3 Å². The Morgan fingerprint density at radius 3 is 2.74 bits per heavy atom. The van der Waals surface area contributed by atoms with Crippen molar-refractivity contribution in [2.45, 2.75) is 50.7 Å². The molecule has 7 nitrogen and oxygen atoms in total. The lowest BCUT2D eigenvalue weighted by molar-refractivity contribution is -0.121. The Balaban J connectivity index is 2.03. The number of nitrogens with zero attached hydrogens (tertiary/aromatic N) is 5. The number of carbonyl (C=O) groups excluding carboxylic acids is 1. The van der Waals surface area contributed by atoms with Crippen molar-refractivity contribution in [1.82, 2.24) is 30.5 Å². The molecule has 23 heavy (non-hydrogen) atoms. The Hall–Kier alpha value is -1.96. The molecule has 2 rings (SSSR count). The quantitative estimate of drug-likeness (QED) is 0.780. The van der Waals surface area contributed by atoms with Crippen LogP contribution in [0.2, 0.25) is 0 Å². The first-order valence-corrected chi connectivity index (χ1v) is 8.48. The number of nitrogens with one attached hydrogen (secondary N) is 1. The minimum absolute atomic E-state index is 0.0211. The van der Waals surface area contributed by atoms with Gasteiger partial charge in [-0.15, -0.1) is 5.10 Å². The summed E-state index contributed by atoms with van der Waals surface area (Å²) in [6, 6.07) is 3.94. The van der Waals surface area contributed by atoms with Gasteiger partial charge < -0.3 is 5.32 Å². The van der Waals surface area contributed by atoms with Crippen LogP contribution in [0.4, 0.5) is 0 Å². The summed E-state index contributed by atoms with van der Waals surface area (Å²) < 4.78 is 1.73. The van der Waals surface area contributed by atoms with Crippen LogP contribution in [0.15, 0.2) is 29.7 Å². The maximum absolute atomic E-state index is 12.5. The van der Waals surface area contributed by atoms with Crippen LogP contribution in [0, 0.1) is 5.92 Å². The molecule has 8 heteroatoms. The Morgan fingerprint density at radius 1 is 1.35 bits per heavy atom. The third-order valence-electron chi connectivity index (χ3n) is 3.24. The zero-order valence-corrected chi connectivity index (χ0v) is 14.6. The molecule has 0 aliphatic heterocycles. The smallest absolute Gasteiger partial charge is 0.234 e. The first kappa shape index (κ1) is 17.4. The van der Waals surface area contributed by atoms with Crippen molar-refractivity contribution in [1.29, 1.82) is 0 Å². The third-order valence-corrected chi connectivity index (χ3v) is 4.73. The van der Waals surface area contributed by atoms with Gasteiger partial charge in [-0.25, -0.2) is 4.68 Å². The maximum atomic E-state index is 12.5. The lowest BCUT2D eigenvalue weighted by Gasteiger charge is -2.19. The van der Waals surface area contributed by atoms with Gasteiger partial charge in [0, 0.05) is 18.9 Å². The van der Waals surface area contributed by atoms with Crippen molar-refractivity contribution in [3.63, 3.8) is 0 Å². The van der Waals surface area contributed by atoms with E-state index >= 15 is 0 Å². The molecular formula is C15H22N6OS. The fraction of sp³-hybridized carbons (Fsp3) is 0.533. The Kier molecular flexibility index (Phi) is 6.09. The van der Waals surface area contributed by atoms with E-state index in [0.717, 1.165) is 5.56 Å². The molecule has 0 spiro atoms. The van der Waals surface area contributed by atoms with Gasteiger partial charge in [0.25, 0.3) is 0 Å². The molecule has 2 aromatic rings. The van der Waals surface area contributed by atoms with E-state index in [9.17, 15) is 4.79 Å². The molecule has 1 N–H and O–H groups in total. The van der Waals surface area contributed by atoms with Crippen LogP contribution in [0.1, 0.15) is 39.3 Å². The van der Waals surface area contributed by atoms with E-state index in [1.54, 1.807) is 17.1 Å². The van der Waals surface area contributed by atoms with Crippen LogP contribution in [0.25, 0.3) is 0 Å². The summed E-state index contributed by atoms with van der Waals surface area (Å²) in [5.41, 5.74) is 0.973. The van der Waals surface area contributed by atoms with Gasteiger partial charge in [-0.1, -0.05) is 31.7 Å². The second-order valence-corrected chi connectivity index (χ2v) is 6.97. The molecule has 2 aromatic heterocycles. The SMILES string of the molecule is CC(C)[C@@H](Sc1nnnn1C(C)C)C(=O)NCc1cccnc1. The predicted octanol–water partition coefficient (Wildman–Crippen LogP) is 2.08.